The molecule has 2 bridgehead atoms. The van der Waals surface area contributed by atoms with Crippen LogP contribution in [0, 0.1) is 17.3 Å². The third kappa shape index (κ3) is 0.598. The Kier molecular flexibility index (Phi) is 1.05. The standard InChI is InChI=1S/C10H10O3/c1-5-2-7-3-6(5)4-10(7)8(11)13-9(10)12/h2,6-7H,3-4H2,1H3. The van der Waals surface area contributed by atoms with Crippen molar-refractivity contribution in [2.45, 2.75) is 19.8 Å². The minimum absolute atomic E-state index is 0.131. The van der Waals surface area contributed by atoms with Gasteiger partial charge < -0.3 is 4.74 Å². The van der Waals surface area contributed by atoms with E-state index in [1.807, 2.05) is 0 Å². The van der Waals surface area contributed by atoms with Crippen molar-refractivity contribution in [2.75, 3.05) is 0 Å². The van der Waals surface area contributed by atoms with Crippen LogP contribution in [0.25, 0.3) is 0 Å². The fraction of sp³-hybridized carbons (Fsp3) is 0.600. The highest BCUT2D eigenvalue weighted by Crippen LogP contribution is 2.59. The van der Waals surface area contributed by atoms with Crippen LogP contribution in [0.3, 0.4) is 0 Å². The Hall–Kier alpha value is -1.12. The second-order valence-electron chi connectivity index (χ2n) is 4.30. The largest absolute Gasteiger partial charge is 0.391 e. The second-order valence-corrected chi connectivity index (χ2v) is 4.30. The van der Waals surface area contributed by atoms with Crippen LogP contribution in [0.2, 0.25) is 0 Å². The lowest BCUT2D eigenvalue weighted by atomic mass is 9.71. The number of fused-ring (bicyclic) bond motifs is 3. The summed E-state index contributed by atoms with van der Waals surface area (Å²) in [5.41, 5.74) is 0.590. The zero-order valence-electron chi connectivity index (χ0n) is 7.37. The van der Waals surface area contributed by atoms with Crippen molar-refractivity contribution in [1.29, 1.82) is 0 Å². The Morgan fingerprint density at radius 3 is 2.54 bits per heavy atom. The fourth-order valence-electron chi connectivity index (χ4n) is 2.91. The fourth-order valence-corrected chi connectivity index (χ4v) is 2.91. The molecule has 3 nitrogen and oxygen atoms in total. The molecule has 13 heavy (non-hydrogen) atoms. The van der Waals surface area contributed by atoms with Gasteiger partial charge in [0, 0.05) is 5.92 Å². The maximum absolute atomic E-state index is 11.3. The van der Waals surface area contributed by atoms with Gasteiger partial charge in [-0.15, -0.1) is 0 Å². The molecular formula is C10H10O3. The summed E-state index contributed by atoms with van der Waals surface area (Å²) in [7, 11) is 0. The number of carbonyl (C=O) groups is 2. The van der Waals surface area contributed by atoms with E-state index in [0.29, 0.717) is 12.3 Å². The predicted octanol–water partition coefficient (Wildman–Crippen LogP) is 1.04. The van der Waals surface area contributed by atoms with Crippen molar-refractivity contribution in [3.05, 3.63) is 11.6 Å². The molecule has 0 amide bonds. The molecule has 1 saturated heterocycles. The van der Waals surface area contributed by atoms with Crippen molar-refractivity contribution in [3.63, 3.8) is 0 Å². The van der Waals surface area contributed by atoms with Crippen molar-refractivity contribution >= 4 is 11.9 Å². The van der Waals surface area contributed by atoms with Gasteiger partial charge in [0.15, 0.2) is 5.41 Å². The average molecular weight is 178 g/mol. The molecular weight excluding hydrogens is 168 g/mol. The molecule has 2 unspecified atom stereocenters. The Bertz CT molecular complexity index is 339. The normalized spacial score (nSPS) is 39.0. The third-order valence-electron chi connectivity index (χ3n) is 3.76. The number of carbonyl (C=O) groups excluding carboxylic acids is 2. The van der Waals surface area contributed by atoms with Gasteiger partial charge in [-0.25, -0.2) is 0 Å². The molecule has 3 rings (SSSR count). The van der Waals surface area contributed by atoms with E-state index in [2.05, 4.69) is 17.7 Å². The van der Waals surface area contributed by atoms with Gasteiger partial charge in [-0.3, -0.25) is 9.59 Å². The minimum Gasteiger partial charge on any atom is -0.391 e. The SMILES string of the molecule is CC1=CC2CC1CC21C(=O)OC1=O. The first kappa shape index (κ1) is 7.30. The van der Waals surface area contributed by atoms with Gasteiger partial charge in [0.05, 0.1) is 0 Å². The molecule has 1 spiro atoms. The highest BCUT2D eigenvalue weighted by Gasteiger charge is 2.68. The van der Waals surface area contributed by atoms with E-state index in [9.17, 15) is 9.59 Å². The summed E-state index contributed by atoms with van der Waals surface area (Å²) >= 11 is 0. The molecule has 2 fully saturated rings. The van der Waals surface area contributed by atoms with Crippen molar-refractivity contribution in [2.24, 2.45) is 17.3 Å². The lowest BCUT2D eigenvalue weighted by Gasteiger charge is -2.38. The van der Waals surface area contributed by atoms with Gasteiger partial charge in [0.2, 0.25) is 0 Å². The van der Waals surface area contributed by atoms with E-state index in [0.717, 1.165) is 6.42 Å². The van der Waals surface area contributed by atoms with Crippen LogP contribution in [-0.4, -0.2) is 11.9 Å². The van der Waals surface area contributed by atoms with Crippen LogP contribution in [-0.2, 0) is 14.3 Å². The molecule has 68 valence electrons. The zero-order valence-corrected chi connectivity index (χ0v) is 7.37. The molecule has 0 aromatic rings. The van der Waals surface area contributed by atoms with Crippen LogP contribution in [0.1, 0.15) is 19.8 Å². The summed E-state index contributed by atoms with van der Waals surface area (Å²) in [5, 5.41) is 0. The van der Waals surface area contributed by atoms with E-state index in [1.54, 1.807) is 0 Å². The molecule has 3 heteroatoms. The maximum Gasteiger partial charge on any atom is 0.331 e. The number of rotatable bonds is 0. The van der Waals surface area contributed by atoms with Gasteiger partial charge in [-0.05, 0) is 25.7 Å². The van der Waals surface area contributed by atoms with E-state index in [-0.39, 0.29) is 17.9 Å². The first-order chi connectivity index (χ1) is 6.14. The van der Waals surface area contributed by atoms with Crippen LogP contribution < -0.4 is 0 Å². The predicted molar refractivity (Wildman–Crippen MR) is 43.5 cm³/mol. The molecule has 1 heterocycles. The van der Waals surface area contributed by atoms with E-state index in [1.165, 1.54) is 5.57 Å². The summed E-state index contributed by atoms with van der Waals surface area (Å²) < 4.78 is 4.46. The first-order valence-electron chi connectivity index (χ1n) is 4.59. The van der Waals surface area contributed by atoms with Crippen LogP contribution in [0.5, 0.6) is 0 Å². The maximum atomic E-state index is 11.3. The molecule has 0 N–H and O–H groups in total. The number of allylic oxidation sites excluding steroid dienone is 2. The van der Waals surface area contributed by atoms with Crippen molar-refractivity contribution < 1.29 is 14.3 Å². The van der Waals surface area contributed by atoms with Crippen LogP contribution in [0.4, 0.5) is 0 Å². The van der Waals surface area contributed by atoms with Crippen LogP contribution >= 0.6 is 0 Å². The number of ether oxygens (including phenoxy) is 1. The molecule has 0 aromatic heterocycles. The highest BCUT2D eigenvalue weighted by atomic mass is 16.6. The monoisotopic (exact) mass is 178 g/mol. The summed E-state index contributed by atoms with van der Waals surface area (Å²) in [6.07, 6.45) is 3.73. The zero-order chi connectivity index (χ0) is 9.22. The molecule has 0 radical (unpaired) electrons. The summed E-state index contributed by atoms with van der Waals surface area (Å²) in [5.74, 6) is -0.0180. The molecule has 0 aromatic carbocycles. The topological polar surface area (TPSA) is 43.4 Å². The van der Waals surface area contributed by atoms with E-state index in [4.69, 9.17) is 0 Å². The summed E-state index contributed by atoms with van der Waals surface area (Å²) in [4.78, 5) is 22.6. The lowest BCUT2D eigenvalue weighted by molar-refractivity contribution is -0.199. The number of hydrogen-bond donors (Lipinski definition) is 0. The Balaban J connectivity index is 2.06. The molecule has 1 saturated carbocycles. The first-order valence-corrected chi connectivity index (χ1v) is 4.59. The third-order valence-corrected chi connectivity index (χ3v) is 3.76. The second kappa shape index (κ2) is 1.86. The van der Waals surface area contributed by atoms with E-state index >= 15 is 0 Å². The van der Waals surface area contributed by atoms with Crippen molar-refractivity contribution in [3.8, 4) is 0 Å². The van der Waals surface area contributed by atoms with Crippen LogP contribution in [0.15, 0.2) is 11.6 Å². The quantitative estimate of drug-likeness (QED) is 0.316. The summed E-state index contributed by atoms with van der Waals surface area (Å²) in [6.45, 7) is 2.08. The van der Waals surface area contributed by atoms with Gasteiger partial charge >= 0.3 is 11.9 Å². The van der Waals surface area contributed by atoms with Crippen molar-refractivity contribution in [1.82, 2.24) is 0 Å². The van der Waals surface area contributed by atoms with Gasteiger partial charge in [-0.1, -0.05) is 11.6 Å². The Morgan fingerprint density at radius 1 is 1.46 bits per heavy atom. The van der Waals surface area contributed by atoms with Gasteiger partial charge in [-0.2, -0.15) is 0 Å². The number of cyclic esters (lactones) is 2. The Morgan fingerprint density at radius 2 is 2.15 bits per heavy atom. The highest BCUT2D eigenvalue weighted by molar-refractivity contribution is 6.14. The van der Waals surface area contributed by atoms with Gasteiger partial charge in [0.25, 0.3) is 0 Å². The average Bonchev–Trinajstić information content (AvgIpc) is 2.61. The Labute approximate surface area is 75.8 Å². The molecule has 2 aliphatic carbocycles. The molecule has 3 aliphatic rings. The summed E-state index contributed by atoms with van der Waals surface area (Å²) in [6, 6.07) is 0. The number of hydrogen-bond acceptors (Lipinski definition) is 3. The lowest BCUT2D eigenvalue weighted by Crippen LogP contribution is -2.55. The smallest absolute Gasteiger partial charge is 0.331 e. The molecule has 1 aliphatic heterocycles. The van der Waals surface area contributed by atoms with Gasteiger partial charge in [0.1, 0.15) is 0 Å². The van der Waals surface area contributed by atoms with E-state index < -0.39 is 5.41 Å². The number of esters is 2. The minimum atomic E-state index is -0.746. The molecule has 2 atom stereocenters.